The van der Waals surface area contributed by atoms with Crippen LogP contribution >= 0.6 is 0 Å². The minimum Gasteiger partial charge on any atom is -0.480 e. The maximum atomic E-state index is 12.4. The lowest BCUT2D eigenvalue weighted by atomic mass is 9.92. The fourth-order valence-electron chi connectivity index (χ4n) is 3.28. The van der Waals surface area contributed by atoms with E-state index in [2.05, 4.69) is 0 Å². The molecule has 26 heavy (non-hydrogen) atoms. The lowest BCUT2D eigenvalue weighted by Gasteiger charge is -2.23. The highest BCUT2D eigenvalue weighted by Gasteiger charge is 2.48. The van der Waals surface area contributed by atoms with Crippen LogP contribution in [0.5, 0.6) is 0 Å². The Balaban J connectivity index is 1.68. The van der Waals surface area contributed by atoms with Crippen LogP contribution in [-0.2, 0) is 22.6 Å². The van der Waals surface area contributed by atoms with Crippen LogP contribution in [0.1, 0.15) is 17.5 Å². The summed E-state index contributed by atoms with van der Waals surface area (Å²) in [5, 5.41) is 20.3. The molecule has 1 saturated heterocycles. The summed E-state index contributed by atoms with van der Waals surface area (Å²) in [7, 11) is 0. The number of carboxylic acids is 1. The van der Waals surface area contributed by atoms with Gasteiger partial charge in [0, 0.05) is 12.8 Å². The molecule has 6 nitrogen and oxygen atoms in total. The molecule has 0 aliphatic carbocycles. The van der Waals surface area contributed by atoms with E-state index < -0.39 is 23.7 Å². The van der Waals surface area contributed by atoms with E-state index in [-0.39, 0.29) is 26.0 Å². The molecule has 1 amide bonds. The minimum absolute atomic E-state index is 0.0301. The number of β-amino-alcohol motifs (C(OH)–C–C–N with tert-alkyl or cyclic N) is 1. The lowest BCUT2D eigenvalue weighted by molar-refractivity contribution is -0.141. The number of likely N-dealkylation sites (tertiary alicyclic amines) is 1. The van der Waals surface area contributed by atoms with Crippen molar-refractivity contribution in [2.24, 2.45) is 0 Å². The quantitative estimate of drug-likeness (QED) is 0.860. The van der Waals surface area contributed by atoms with Gasteiger partial charge in [0.1, 0.15) is 12.6 Å². The molecule has 3 rings (SSSR count). The van der Waals surface area contributed by atoms with E-state index in [9.17, 15) is 19.8 Å². The summed E-state index contributed by atoms with van der Waals surface area (Å²) in [5.41, 5.74) is 0.404. The number of benzene rings is 2. The van der Waals surface area contributed by atoms with Gasteiger partial charge in [-0.05, 0) is 11.1 Å². The van der Waals surface area contributed by atoms with Gasteiger partial charge >= 0.3 is 12.1 Å². The number of carbonyl (C=O) groups excluding carboxylic acids is 1. The van der Waals surface area contributed by atoms with Gasteiger partial charge in [-0.3, -0.25) is 4.90 Å². The van der Waals surface area contributed by atoms with Crippen molar-refractivity contribution < 1.29 is 24.5 Å². The van der Waals surface area contributed by atoms with Crippen molar-refractivity contribution in [2.45, 2.75) is 31.1 Å². The molecule has 0 spiro atoms. The highest BCUT2D eigenvalue weighted by atomic mass is 16.6. The largest absolute Gasteiger partial charge is 0.480 e. The summed E-state index contributed by atoms with van der Waals surface area (Å²) in [6.45, 7) is -0.0217. The van der Waals surface area contributed by atoms with Crippen LogP contribution < -0.4 is 0 Å². The summed E-state index contributed by atoms with van der Waals surface area (Å²) in [6.07, 6.45) is -0.483. The molecule has 0 radical (unpaired) electrons. The monoisotopic (exact) mass is 355 g/mol. The maximum absolute atomic E-state index is 12.4. The molecular weight excluding hydrogens is 334 g/mol. The van der Waals surface area contributed by atoms with Crippen LogP contribution in [0, 0.1) is 0 Å². The van der Waals surface area contributed by atoms with Crippen LogP contribution in [0.2, 0.25) is 0 Å². The smallest absolute Gasteiger partial charge is 0.410 e. The summed E-state index contributed by atoms with van der Waals surface area (Å²) in [5.74, 6) is -1.15. The van der Waals surface area contributed by atoms with Gasteiger partial charge in [-0.1, -0.05) is 60.7 Å². The second kappa shape index (κ2) is 7.58. The van der Waals surface area contributed by atoms with E-state index in [4.69, 9.17) is 4.74 Å². The van der Waals surface area contributed by atoms with Crippen LogP contribution in [0.25, 0.3) is 0 Å². The number of amides is 1. The molecule has 0 saturated carbocycles. The lowest BCUT2D eigenvalue weighted by Crippen LogP contribution is -2.41. The van der Waals surface area contributed by atoms with Gasteiger partial charge in [0.2, 0.25) is 0 Å². The summed E-state index contributed by atoms with van der Waals surface area (Å²) >= 11 is 0. The topological polar surface area (TPSA) is 87.1 Å². The van der Waals surface area contributed by atoms with Crippen LogP contribution in [0.4, 0.5) is 4.79 Å². The van der Waals surface area contributed by atoms with E-state index in [0.717, 1.165) is 16.0 Å². The number of carboxylic acid groups (broad SMARTS) is 1. The molecule has 1 fully saturated rings. The fraction of sp³-hybridized carbons (Fsp3) is 0.300. The molecule has 1 aliphatic heterocycles. The first-order valence-corrected chi connectivity index (χ1v) is 8.43. The van der Waals surface area contributed by atoms with Gasteiger partial charge in [0.25, 0.3) is 0 Å². The summed E-state index contributed by atoms with van der Waals surface area (Å²) in [6, 6.07) is 17.4. The first kappa shape index (κ1) is 17.9. The molecule has 6 heteroatoms. The number of rotatable bonds is 5. The fourth-order valence-corrected chi connectivity index (χ4v) is 3.28. The van der Waals surface area contributed by atoms with Crippen molar-refractivity contribution >= 4 is 12.1 Å². The normalized spacial score (nSPS) is 22.2. The molecule has 136 valence electrons. The third-order valence-electron chi connectivity index (χ3n) is 4.51. The second-order valence-corrected chi connectivity index (χ2v) is 6.61. The Morgan fingerprint density at radius 1 is 1.04 bits per heavy atom. The number of nitrogens with zero attached hydrogens (tertiary/aromatic N) is 1. The Morgan fingerprint density at radius 2 is 1.62 bits per heavy atom. The van der Waals surface area contributed by atoms with Crippen LogP contribution in [0.3, 0.4) is 0 Å². The Hall–Kier alpha value is -2.86. The number of carbonyl (C=O) groups is 2. The summed E-state index contributed by atoms with van der Waals surface area (Å²) < 4.78 is 5.25. The molecule has 1 heterocycles. The Kier molecular flexibility index (Phi) is 5.23. The van der Waals surface area contributed by atoms with E-state index in [1.807, 2.05) is 60.7 Å². The van der Waals surface area contributed by atoms with Gasteiger partial charge in [0.05, 0.1) is 12.1 Å². The predicted octanol–water partition coefficient (Wildman–Crippen LogP) is 2.46. The van der Waals surface area contributed by atoms with Gasteiger partial charge in [0.15, 0.2) is 0 Å². The molecular formula is C20H21NO5. The average molecular weight is 355 g/mol. The maximum Gasteiger partial charge on any atom is 0.410 e. The van der Waals surface area contributed by atoms with Gasteiger partial charge in [-0.25, -0.2) is 9.59 Å². The van der Waals surface area contributed by atoms with Crippen LogP contribution in [0.15, 0.2) is 60.7 Å². The molecule has 1 aliphatic rings. The minimum atomic E-state index is -1.30. The van der Waals surface area contributed by atoms with Crippen LogP contribution in [-0.4, -0.2) is 45.4 Å². The molecule has 0 aromatic heterocycles. The number of ether oxygens (including phenoxy) is 1. The number of aliphatic hydroxyl groups is 1. The molecule has 0 bridgehead atoms. The van der Waals surface area contributed by atoms with Gasteiger partial charge < -0.3 is 14.9 Å². The Bertz CT molecular complexity index is 764. The standard InChI is InChI=1S/C20H21NO5/c22-18(23)17-12-20(25,11-15-7-3-1-4-8-15)14-21(17)19(24)26-13-16-9-5-2-6-10-16/h1-10,17,25H,11-14H2,(H,22,23)/t17-,20?/m0/s1. The van der Waals surface area contributed by atoms with Crippen molar-refractivity contribution in [3.05, 3.63) is 71.8 Å². The van der Waals surface area contributed by atoms with Crippen molar-refractivity contribution in [3.8, 4) is 0 Å². The average Bonchev–Trinajstić information content (AvgIpc) is 2.99. The predicted molar refractivity (Wildman–Crippen MR) is 94.5 cm³/mol. The van der Waals surface area contributed by atoms with Gasteiger partial charge in [-0.15, -0.1) is 0 Å². The van der Waals surface area contributed by atoms with Crippen molar-refractivity contribution in [1.82, 2.24) is 4.90 Å². The van der Waals surface area contributed by atoms with E-state index in [1.165, 1.54) is 0 Å². The third kappa shape index (κ3) is 4.21. The van der Waals surface area contributed by atoms with Crippen molar-refractivity contribution in [2.75, 3.05) is 6.54 Å². The van der Waals surface area contributed by atoms with E-state index >= 15 is 0 Å². The highest BCUT2D eigenvalue weighted by Crippen LogP contribution is 2.31. The Labute approximate surface area is 151 Å². The molecule has 2 N–H and O–H groups in total. The van der Waals surface area contributed by atoms with Gasteiger partial charge in [-0.2, -0.15) is 0 Å². The van der Waals surface area contributed by atoms with E-state index in [0.29, 0.717) is 0 Å². The number of hydrogen-bond acceptors (Lipinski definition) is 4. The first-order chi connectivity index (χ1) is 12.5. The molecule has 2 aromatic rings. The number of aliphatic carboxylic acids is 1. The zero-order valence-electron chi connectivity index (χ0n) is 14.2. The number of hydrogen-bond donors (Lipinski definition) is 2. The molecule has 2 aromatic carbocycles. The first-order valence-electron chi connectivity index (χ1n) is 8.43. The zero-order chi connectivity index (χ0) is 18.6. The third-order valence-corrected chi connectivity index (χ3v) is 4.51. The summed E-state index contributed by atoms with van der Waals surface area (Å²) in [4.78, 5) is 25.1. The Morgan fingerprint density at radius 3 is 2.19 bits per heavy atom. The molecule has 2 atom stereocenters. The zero-order valence-corrected chi connectivity index (χ0v) is 14.2. The highest BCUT2D eigenvalue weighted by molar-refractivity contribution is 5.81. The van der Waals surface area contributed by atoms with E-state index in [1.54, 1.807) is 0 Å². The van der Waals surface area contributed by atoms with Crippen molar-refractivity contribution in [1.29, 1.82) is 0 Å². The SMILES string of the molecule is O=C(O)[C@@H]1CC(O)(Cc2ccccc2)CN1C(=O)OCc1ccccc1. The second-order valence-electron chi connectivity index (χ2n) is 6.61. The molecule has 1 unspecified atom stereocenters. The van der Waals surface area contributed by atoms with Crippen molar-refractivity contribution in [3.63, 3.8) is 0 Å².